The Kier molecular flexibility index (Phi) is 4.38. The zero-order valence-electron chi connectivity index (χ0n) is 11.0. The van der Waals surface area contributed by atoms with Crippen molar-refractivity contribution in [1.29, 1.82) is 0 Å². The molecular formula is C13H19N3OS. The van der Waals surface area contributed by atoms with Crippen molar-refractivity contribution in [3.8, 4) is 0 Å². The summed E-state index contributed by atoms with van der Waals surface area (Å²) in [4.78, 5) is 7.83. The predicted molar refractivity (Wildman–Crippen MR) is 75.0 cm³/mol. The van der Waals surface area contributed by atoms with Crippen molar-refractivity contribution < 1.29 is 4.42 Å². The van der Waals surface area contributed by atoms with Crippen LogP contribution in [0.5, 0.6) is 0 Å². The van der Waals surface area contributed by atoms with Gasteiger partial charge in [-0.05, 0) is 25.6 Å². The number of anilines is 1. The number of nitrogens with one attached hydrogen (secondary N) is 1. The lowest BCUT2D eigenvalue weighted by atomic mass is 10.3. The zero-order chi connectivity index (χ0) is 13.0. The van der Waals surface area contributed by atoms with E-state index < -0.39 is 0 Å². The molecule has 98 valence electrons. The van der Waals surface area contributed by atoms with Gasteiger partial charge in [0, 0.05) is 24.2 Å². The Hall–Kier alpha value is -1.33. The summed E-state index contributed by atoms with van der Waals surface area (Å²) < 4.78 is 5.34. The quantitative estimate of drug-likeness (QED) is 0.871. The highest BCUT2D eigenvalue weighted by Crippen LogP contribution is 2.27. The highest BCUT2D eigenvalue weighted by molar-refractivity contribution is 7.15. The molecule has 1 atom stereocenters. The third kappa shape index (κ3) is 3.11. The van der Waals surface area contributed by atoms with E-state index in [9.17, 15) is 0 Å². The van der Waals surface area contributed by atoms with Gasteiger partial charge in [-0.2, -0.15) is 0 Å². The largest absolute Gasteiger partial charge is 0.467 e. The lowest BCUT2D eigenvalue weighted by Gasteiger charge is -2.14. The Morgan fingerprint density at radius 3 is 3.06 bits per heavy atom. The number of rotatable bonds is 6. The average molecular weight is 265 g/mol. The fourth-order valence-electron chi connectivity index (χ4n) is 1.76. The zero-order valence-corrected chi connectivity index (χ0v) is 11.8. The van der Waals surface area contributed by atoms with Crippen molar-refractivity contribution in [3.05, 3.63) is 35.2 Å². The fourth-order valence-corrected chi connectivity index (χ4v) is 2.67. The first-order valence-electron chi connectivity index (χ1n) is 6.13. The van der Waals surface area contributed by atoms with Gasteiger partial charge in [0.2, 0.25) is 0 Å². The molecule has 2 heterocycles. The second-order valence-electron chi connectivity index (χ2n) is 4.26. The van der Waals surface area contributed by atoms with E-state index in [0.717, 1.165) is 24.0 Å². The number of hydrogen-bond donors (Lipinski definition) is 1. The van der Waals surface area contributed by atoms with Gasteiger partial charge in [-0.15, -0.1) is 11.3 Å². The monoisotopic (exact) mass is 265 g/mol. The molecule has 0 bridgehead atoms. The number of nitrogens with zero attached hydrogens (tertiary/aromatic N) is 2. The third-order valence-corrected chi connectivity index (χ3v) is 4.04. The van der Waals surface area contributed by atoms with Crippen LogP contribution < -0.4 is 10.2 Å². The molecule has 18 heavy (non-hydrogen) atoms. The van der Waals surface area contributed by atoms with Crippen molar-refractivity contribution >= 4 is 16.5 Å². The summed E-state index contributed by atoms with van der Waals surface area (Å²) in [5.41, 5.74) is 0. The molecule has 0 aliphatic heterocycles. The summed E-state index contributed by atoms with van der Waals surface area (Å²) in [6.45, 7) is 5.99. The topological polar surface area (TPSA) is 41.3 Å². The minimum absolute atomic E-state index is 0.360. The molecule has 1 N–H and O–H groups in total. The van der Waals surface area contributed by atoms with E-state index >= 15 is 0 Å². The molecule has 2 aromatic rings. The molecule has 0 aliphatic rings. The smallest absolute Gasteiger partial charge is 0.185 e. The number of aromatic nitrogens is 1. The normalized spacial score (nSPS) is 12.6. The van der Waals surface area contributed by atoms with Gasteiger partial charge in [-0.1, -0.05) is 6.92 Å². The Morgan fingerprint density at radius 2 is 2.39 bits per heavy atom. The van der Waals surface area contributed by atoms with Crippen LogP contribution in [-0.2, 0) is 6.54 Å². The number of hydrogen-bond acceptors (Lipinski definition) is 5. The molecule has 2 rings (SSSR count). The van der Waals surface area contributed by atoms with Crippen LogP contribution in [0.15, 0.2) is 29.0 Å². The summed E-state index contributed by atoms with van der Waals surface area (Å²) in [6, 6.07) is 4.24. The lowest BCUT2D eigenvalue weighted by molar-refractivity contribution is 0.507. The first kappa shape index (κ1) is 13.1. The van der Waals surface area contributed by atoms with Crippen LogP contribution in [0, 0.1) is 0 Å². The molecule has 0 aliphatic carbocycles. The molecule has 0 aromatic carbocycles. The summed E-state index contributed by atoms with van der Waals surface area (Å²) in [7, 11) is 2.03. The Bertz CT molecular complexity index is 466. The van der Waals surface area contributed by atoms with Gasteiger partial charge < -0.3 is 14.6 Å². The van der Waals surface area contributed by atoms with E-state index in [1.54, 1.807) is 17.6 Å². The van der Waals surface area contributed by atoms with Crippen molar-refractivity contribution in [2.45, 2.75) is 26.4 Å². The SMILES string of the molecule is CCNC(C)c1cnc(N(C)Cc2ccco2)s1. The minimum Gasteiger partial charge on any atom is -0.467 e. The highest BCUT2D eigenvalue weighted by atomic mass is 32.1. The summed E-state index contributed by atoms with van der Waals surface area (Å²) in [6.07, 6.45) is 3.65. The second-order valence-corrected chi connectivity index (χ2v) is 5.30. The van der Waals surface area contributed by atoms with Crippen LogP contribution in [0.4, 0.5) is 5.13 Å². The molecule has 0 fully saturated rings. The Morgan fingerprint density at radius 1 is 1.56 bits per heavy atom. The molecule has 0 spiro atoms. The molecule has 0 saturated heterocycles. The molecule has 1 unspecified atom stereocenters. The van der Waals surface area contributed by atoms with Crippen molar-refractivity contribution in [2.24, 2.45) is 0 Å². The maximum Gasteiger partial charge on any atom is 0.185 e. The standard InChI is InChI=1S/C13H19N3OS/c1-4-14-10(2)12-8-15-13(18-12)16(3)9-11-6-5-7-17-11/h5-8,10,14H,4,9H2,1-3H3. The molecule has 2 aromatic heterocycles. The van der Waals surface area contributed by atoms with Gasteiger partial charge in [-0.3, -0.25) is 0 Å². The van der Waals surface area contributed by atoms with Gasteiger partial charge in [0.1, 0.15) is 5.76 Å². The third-order valence-electron chi connectivity index (χ3n) is 2.75. The van der Waals surface area contributed by atoms with Crippen LogP contribution >= 0.6 is 11.3 Å². The molecule has 0 saturated carbocycles. The average Bonchev–Trinajstić information content (AvgIpc) is 2.99. The second kappa shape index (κ2) is 6.02. The van der Waals surface area contributed by atoms with E-state index in [1.807, 2.05) is 25.4 Å². The molecule has 0 radical (unpaired) electrons. The molecular weight excluding hydrogens is 246 g/mol. The molecule has 4 nitrogen and oxygen atoms in total. The van der Waals surface area contributed by atoms with Crippen LogP contribution in [0.25, 0.3) is 0 Å². The fraction of sp³-hybridized carbons (Fsp3) is 0.462. The van der Waals surface area contributed by atoms with E-state index in [0.29, 0.717) is 6.04 Å². The van der Waals surface area contributed by atoms with Crippen LogP contribution in [0.3, 0.4) is 0 Å². The summed E-state index contributed by atoms with van der Waals surface area (Å²) in [5.74, 6) is 0.953. The van der Waals surface area contributed by atoms with Crippen LogP contribution in [0.2, 0.25) is 0 Å². The van der Waals surface area contributed by atoms with Gasteiger partial charge in [-0.25, -0.2) is 4.98 Å². The van der Waals surface area contributed by atoms with Gasteiger partial charge >= 0.3 is 0 Å². The molecule has 0 amide bonds. The first-order chi connectivity index (χ1) is 8.70. The number of furan rings is 1. The lowest BCUT2D eigenvalue weighted by Crippen LogP contribution is -2.16. The van der Waals surface area contributed by atoms with Gasteiger partial charge in [0.15, 0.2) is 5.13 Å². The molecule has 5 heteroatoms. The van der Waals surface area contributed by atoms with Crippen molar-refractivity contribution in [1.82, 2.24) is 10.3 Å². The van der Waals surface area contributed by atoms with Gasteiger partial charge in [0.25, 0.3) is 0 Å². The first-order valence-corrected chi connectivity index (χ1v) is 6.95. The minimum atomic E-state index is 0.360. The van der Waals surface area contributed by atoms with E-state index in [2.05, 4.69) is 29.0 Å². The highest BCUT2D eigenvalue weighted by Gasteiger charge is 2.12. The number of thiazole rings is 1. The maximum absolute atomic E-state index is 5.34. The van der Waals surface area contributed by atoms with Crippen LogP contribution in [0.1, 0.15) is 30.5 Å². The Balaban J connectivity index is 2.00. The Labute approximate surface area is 112 Å². The predicted octanol–water partition coefficient (Wildman–Crippen LogP) is 3.04. The summed E-state index contributed by atoms with van der Waals surface area (Å²) in [5, 5.41) is 4.41. The van der Waals surface area contributed by atoms with Gasteiger partial charge in [0.05, 0.1) is 12.8 Å². The van der Waals surface area contributed by atoms with Crippen molar-refractivity contribution in [3.63, 3.8) is 0 Å². The van der Waals surface area contributed by atoms with Crippen molar-refractivity contribution in [2.75, 3.05) is 18.5 Å². The van der Waals surface area contributed by atoms with E-state index in [4.69, 9.17) is 4.42 Å². The van der Waals surface area contributed by atoms with E-state index in [-0.39, 0.29) is 0 Å². The summed E-state index contributed by atoms with van der Waals surface area (Å²) >= 11 is 1.72. The maximum atomic E-state index is 5.34. The van der Waals surface area contributed by atoms with Crippen LogP contribution in [-0.4, -0.2) is 18.6 Å². The van der Waals surface area contributed by atoms with E-state index in [1.165, 1.54) is 4.88 Å².